The molecule has 102 valence electrons. The van der Waals surface area contributed by atoms with Crippen LogP contribution in [0.2, 0.25) is 0 Å². The molecule has 0 aliphatic carbocycles. The molecule has 1 unspecified atom stereocenters. The Balaban J connectivity index is 2.32. The van der Waals surface area contributed by atoms with Gasteiger partial charge in [0.25, 0.3) is 0 Å². The molecule has 0 aromatic heterocycles. The van der Waals surface area contributed by atoms with E-state index in [2.05, 4.69) is 36.3 Å². The number of likely N-dealkylation sites (tertiary alicyclic amines) is 1. The number of hydrogen-bond donors (Lipinski definition) is 0. The van der Waals surface area contributed by atoms with Crippen molar-refractivity contribution >= 4 is 0 Å². The summed E-state index contributed by atoms with van der Waals surface area (Å²) in [5.74, 6) is 0. The maximum Gasteiger partial charge on any atom is 0.0799 e. The zero-order valence-corrected chi connectivity index (χ0v) is 11.9. The number of benzene rings is 1. The van der Waals surface area contributed by atoms with E-state index in [1.807, 2.05) is 37.3 Å². The van der Waals surface area contributed by atoms with E-state index < -0.39 is 0 Å². The lowest BCUT2D eigenvalue weighted by Gasteiger charge is -2.48. The zero-order valence-electron chi connectivity index (χ0n) is 11.9. The minimum Gasteiger partial charge on any atom is -0.289 e. The van der Waals surface area contributed by atoms with Gasteiger partial charge in [-0.2, -0.15) is 5.26 Å². The summed E-state index contributed by atoms with van der Waals surface area (Å²) in [6, 6.07) is 12.9. The molecule has 0 radical (unpaired) electrons. The Morgan fingerprint density at radius 3 is 2.50 bits per heavy atom. The van der Waals surface area contributed by atoms with Gasteiger partial charge in [-0.05, 0) is 18.1 Å². The van der Waals surface area contributed by atoms with Crippen LogP contribution in [0.25, 0.3) is 0 Å². The third-order valence-electron chi connectivity index (χ3n) is 3.72. The van der Waals surface area contributed by atoms with E-state index in [-0.39, 0.29) is 11.5 Å². The summed E-state index contributed by atoms with van der Waals surface area (Å²) in [5, 5.41) is 9.19. The van der Waals surface area contributed by atoms with Crippen LogP contribution in [0.15, 0.2) is 67.3 Å². The van der Waals surface area contributed by atoms with Crippen molar-refractivity contribution in [3.63, 3.8) is 0 Å². The highest BCUT2D eigenvalue weighted by Crippen LogP contribution is 2.39. The van der Waals surface area contributed by atoms with Gasteiger partial charge in [0.15, 0.2) is 0 Å². The molecule has 1 aromatic rings. The lowest BCUT2D eigenvalue weighted by atomic mass is 9.80. The Hall–Kier alpha value is -2.11. The summed E-state index contributed by atoms with van der Waals surface area (Å²) < 4.78 is 0. The van der Waals surface area contributed by atoms with Gasteiger partial charge in [-0.3, -0.25) is 4.90 Å². The molecular formula is C18H20N2. The van der Waals surface area contributed by atoms with E-state index >= 15 is 0 Å². The lowest BCUT2D eigenvalue weighted by Crippen LogP contribution is -2.55. The van der Waals surface area contributed by atoms with Crippen molar-refractivity contribution < 1.29 is 0 Å². The van der Waals surface area contributed by atoms with Crippen LogP contribution in [0.4, 0.5) is 0 Å². The molecule has 2 nitrogen and oxygen atoms in total. The molecule has 1 aliphatic heterocycles. The summed E-state index contributed by atoms with van der Waals surface area (Å²) in [6.07, 6.45) is 5.66. The second kappa shape index (κ2) is 5.90. The maximum atomic E-state index is 9.19. The van der Waals surface area contributed by atoms with Gasteiger partial charge >= 0.3 is 0 Å². The van der Waals surface area contributed by atoms with Gasteiger partial charge in [0, 0.05) is 13.1 Å². The standard InChI is InChI=1S/C18H20N2/c1-4-9-15(5-2)17(16-10-7-6-8-11-16)20-13-18(3,12-19)14-20/h4-11,17H,1-2,13-14H2,3H3/b15-9+. The molecule has 1 aromatic carbocycles. The van der Waals surface area contributed by atoms with Gasteiger partial charge in [0.1, 0.15) is 0 Å². The fourth-order valence-electron chi connectivity index (χ4n) is 2.76. The van der Waals surface area contributed by atoms with Crippen molar-refractivity contribution in [2.45, 2.75) is 13.0 Å². The van der Waals surface area contributed by atoms with Gasteiger partial charge in [-0.25, -0.2) is 0 Å². The fraction of sp³-hybridized carbons (Fsp3) is 0.278. The topological polar surface area (TPSA) is 27.0 Å². The Bertz CT molecular complexity index is 557. The van der Waals surface area contributed by atoms with E-state index in [0.717, 1.165) is 18.7 Å². The van der Waals surface area contributed by atoms with Crippen LogP contribution in [0.1, 0.15) is 18.5 Å². The summed E-state index contributed by atoms with van der Waals surface area (Å²) in [7, 11) is 0. The first kappa shape index (κ1) is 14.3. The highest BCUT2D eigenvalue weighted by atomic mass is 15.2. The van der Waals surface area contributed by atoms with E-state index in [0.29, 0.717) is 0 Å². The van der Waals surface area contributed by atoms with Crippen molar-refractivity contribution in [1.82, 2.24) is 4.90 Å². The van der Waals surface area contributed by atoms with E-state index in [4.69, 9.17) is 0 Å². The monoisotopic (exact) mass is 264 g/mol. The van der Waals surface area contributed by atoms with Crippen molar-refractivity contribution in [1.29, 1.82) is 5.26 Å². The van der Waals surface area contributed by atoms with Crippen LogP contribution in [0.3, 0.4) is 0 Å². The van der Waals surface area contributed by atoms with Crippen LogP contribution < -0.4 is 0 Å². The average Bonchev–Trinajstić information content (AvgIpc) is 2.45. The third kappa shape index (κ3) is 2.74. The largest absolute Gasteiger partial charge is 0.289 e. The Morgan fingerprint density at radius 2 is 2.00 bits per heavy atom. The predicted octanol–water partition coefficient (Wildman–Crippen LogP) is 3.87. The number of nitriles is 1. The minimum absolute atomic E-state index is 0.146. The quantitative estimate of drug-likeness (QED) is 0.755. The van der Waals surface area contributed by atoms with Gasteiger partial charge in [-0.15, -0.1) is 0 Å². The first-order chi connectivity index (χ1) is 9.63. The number of hydrogen-bond acceptors (Lipinski definition) is 2. The number of allylic oxidation sites excluding steroid dienone is 2. The van der Waals surface area contributed by atoms with Crippen molar-refractivity contribution in [3.05, 3.63) is 72.9 Å². The third-order valence-corrected chi connectivity index (χ3v) is 3.72. The minimum atomic E-state index is -0.229. The number of rotatable bonds is 5. The molecule has 0 saturated carbocycles. The molecular weight excluding hydrogens is 244 g/mol. The smallest absolute Gasteiger partial charge is 0.0799 e. The van der Waals surface area contributed by atoms with E-state index in [1.54, 1.807) is 6.08 Å². The Kier molecular flexibility index (Phi) is 4.22. The molecule has 1 fully saturated rings. The van der Waals surface area contributed by atoms with Gasteiger partial charge < -0.3 is 0 Å². The average molecular weight is 264 g/mol. The van der Waals surface area contributed by atoms with Crippen molar-refractivity contribution in [2.24, 2.45) is 5.41 Å². The molecule has 0 amide bonds. The molecule has 1 heterocycles. The van der Waals surface area contributed by atoms with Crippen LogP contribution >= 0.6 is 0 Å². The Morgan fingerprint density at radius 1 is 1.35 bits per heavy atom. The predicted molar refractivity (Wildman–Crippen MR) is 83.0 cm³/mol. The molecule has 1 atom stereocenters. The van der Waals surface area contributed by atoms with Crippen LogP contribution in [-0.2, 0) is 0 Å². The second-order valence-corrected chi connectivity index (χ2v) is 5.50. The van der Waals surface area contributed by atoms with E-state index in [1.165, 1.54) is 5.56 Å². The molecule has 0 bridgehead atoms. The van der Waals surface area contributed by atoms with Gasteiger partial charge in [0.05, 0.1) is 17.5 Å². The molecule has 0 spiro atoms. The normalized spacial score (nSPS) is 19.5. The molecule has 1 saturated heterocycles. The Labute approximate surface area is 121 Å². The molecule has 0 N–H and O–H groups in total. The molecule has 1 aliphatic rings. The SMILES string of the molecule is C=C/C=C(\C=C)C(c1ccccc1)N1CC(C)(C#N)C1. The van der Waals surface area contributed by atoms with Gasteiger partial charge in [-0.1, -0.05) is 61.7 Å². The number of nitrogens with zero attached hydrogens (tertiary/aromatic N) is 2. The van der Waals surface area contributed by atoms with E-state index in [9.17, 15) is 5.26 Å². The summed E-state index contributed by atoms with van der Waals surface area (Å²) in [6.45, 7) is 11.3. The van der Waals surface area contributed by atoms with Crippen molar-refractivity contribution in [3.8, 4) is 6.07 Å². The molecule has 20 heavy (non-hydrogen) atoms. The molecule has 2 heteroatoms. The van der Waals surface area contributed by atoms with Crippen LogP contribution in [0, 0.1) is 16.7 Å². The summed E-state index contributed by atoms with van der Waals surface area (Å²) in [4.78, 5) is 2.32. The summed E-state index contributed by atoms with van der Waals surface area (Å²) in [5.41, 5.74) is 2.11. The highest BCUT2D eigenvalue weighted by molar-refractivity contribution is 5.36. The second-order valence-electron chi connectivity index (χ2n) is 5.50. The van der Waals surface area contributed by atoms with Crippen LogP contribution in [0.5, 0.6) is 0 Å². The van der Waals surface area contributed by atoms with Gasteiger partial charge in [0.2, 0.25) is 0 Å². The van der Waals surface area contributed by atoms with Crippen LogP contribution in [-0.4, -0.2) is 18.0 Å². The van der Waals surface area contributed by atoms with Crippen molar-refractivity contribution in [2.75, 3.05) is 13.1 Å². The fourth-order valence-corrected chi connectivity index (χ4v) is 2.76. The first-order valence-corrected chi connectivity index (χ1v) is 6.79. The summed E-state index contributed by atoms with van der Waals surface area (Å²) >= 11 is 0. The molecule has 2 rings (SSSR count). The zero-order chi connectivity index (χ0) is 14.6. The first-order valence-electron chi connectivity index (χ1n) is 6.79. The highest BCUT2D eigenvalue weighted by Gasteiger charge is 2.43. The lowest BCUT2D eigenvalue weighted by molar-refractivity contribution is 0.0321. The maximum absolute atomic E-state index is 9.19.